The molecule has 0 atom stereocenters. The first-order valence-electron chi connectivity index (χ1n) is 7.04. The van der Waals surface area contributed by atoms with Crippen LogP contribution in [0.3, 0.4) is 0 Å². The average molecular weight is 292 g/mol. The normalized spacial score (nSPS) is 13.6. The first kappa shape index (κ1) is 15.2. The van der Waals surface area contributed by atoms with E-state index in [0.29, 0.717) is 31.2 Å². The summed E-state index contributed by atoms with van der Waals surface area (Å²) in [6, 6.07) is 4.83. The van der Waals surface area contributed by atoms with Gasteiger partial charge in [0.1, 0.15) is 11.5 Å². The van der Waals surface area contributed by atoms with Crippen LogP contribution in [0.25, 0.3) is 0 Å². The molecule has 114 valence electrons. The predicted octanol–water partition coefficient (Wildman–Crippen LogP) is 1.19. The van der Waals surface area contributed by atoms with E-state index in [4.69, 9.17) is 4.74 Å². The maximum absolute atomic E-state index is 11.9. The maximum Gasteiger partial charge on any atom is 0.255 e. The topological polar surface area (TPSA) is 87.7 Å². The first-order chi connectivity index (χ1) is 10.1. The standard InChI is InChI=1S/C15H20N2O4/c1-21-11-6-7-13(18)12(9-11)15(20)16-8-2-3-14(19)17-10-4-5-10/h6-7,9-10,18H,2-5,8H2,1H3,(H,16,20)(H,17,19). The number of amides is 2. The van der Waals surface area contributed by atoms with Gasteiger partial charge < -0.3 is 20.5 Å². The molecule has 1 fully saturated rings. The van der Waals surface area contributed by atoms with Gasteiger partial charge in [-0.05, 0) is 37.5 Å². The van der Waals surface area contributed by atoms with Gasteiger partial charge in [0.05, 0.1) is 12.7 Å². The van der Waals surface area contributed by atoms with E-state index in [-0.39, 0.29) is 23.1 Å². The molecule has 1 aromatic carbocycles. The lowest BCUT2D eigenvalue weighted by Crippen LogP contribution is -2.28. The zero-order valence-corrected chi connectivity index (χ0v) is 12.0. The van der Waals surface area contributed by atoms with E-state index in [0.717, 1.165) is 12.8 Å². The molecule has 6 heteroatoms. The molecular weight excluding hydrogens is 272 g/mol. The van der Waals surface area contributed by atoms with Crippen molar-refractivity contribution in [3.63, 3.8) is 0 Å². The van der Waals surface area contributed by atoms with E-state index in [9.17, 15) is 14.7 Å². The molecule has 0 bridgehead atoms. The summed E-state index contributed by atoms with van der Waals surface area (Å²) in [5.41, 5.74) is 0.164. The van der Waals surface area contributed by atoms with Crippen LogP contribution >= 0.6 is 0 Å². The minimum absolute atomic E-state index is 0.0241. The van der Waals surface area contributed by atoms with Gasteiger partial charge in [-0.25, -0.2) is 0 Å². The molecule has 0 unspecified atom stereocenters. The molecule has 1 aromatic rings. The van der Waals surface area contributed by atoms with E-state index in [1.807, 2.05) is 0 Å². The monoisotopic (exact) mass is 292 g/mol. The minimum Gasteiger partial charge on any atom is -0.507 e. The van der Waals surface area contributed by atoms with Crippen LogP contribution in [-0.4, -0.2) is 36.6 Å². The molecule has 1 aliphatic carbocycles. The van der Waals surface area contributed by atoms with Gasteiger partial charge in [-0.3, -0.25) is 9.59 Å². The number of carbonyl (C=O) groups excluding carboxylic acids is 2. The van der Waals surface area contributed by atoms with Crippen molar-refractivity contribution >= 4 is 11.8 Å². The molecule has 0 radical (unpaired) electrons. The molecule has 1 aliphatic rings. The van der Waals surface area contributed by atoms with Crippen LogP contribution in [0.5, 0.6) is 11.5 Å². The molecule has 0 heterocycles. The van der Waals surface area contributed by atoms with Crippen molar-refractivity contribution in [3.8, 4) is 11.5 Å². The third-order valence-corrected chi connectivity index (χ3v) is 3.26. The predicted molar refractivity (Wildman–Crippen MR) is 77.4 cm³/mol. The third-order valence-electron chi connectivity index (χ3n) is 3.26. The number of nitrogens with one attached hydrogen (secondary N) is 2. The minimum atomic E-state index is -0.381. The van der Waals surface area contributed by atoms with Crippen molar-refractivity contribution < 1.29 is 19.4 Å². The summed E-state index contributed by atoms with van der Waals surface area (Å²) >= 11 is 0. The van der Waals surface area contributed by atoms with Crippen molar-refractivity contribution in [3.05, 3.63) is 23.8 Å². The smallest absolute Gasteiger partial charge is 0.255 e. The number of benzene rings is 1. The highest BCUT2D eigenvalue weighted by Crippen LogP contribution is 2.22. The second kappa shape index (κ2) is 6.97. The second-order valence-electron chi connectivity index (χ2n) is 5.08. The molecule has 0 aromatic heterocycles. The summed E-state index contributed by atoms with van der Waals surface area (Å²) in [6.45, 7) is 0.383. The number of phenols is 1. The lowest BCUT2D eigenvalue weighted by molar-refractivity contribution is -0.121. The van der Waals surface area contributed by atoms with E-state index in [1.165, 1.54) is 19.2 Å². The fraction of sp³-hybridized carbons (Fsp3) is 0.467. The molecule has 0 aliphatic heterocycles. The molecule has 21 heavy (non-hydrogen) atoms. The number of hydrogen-bond donors (Lipinski definition) is 3. The van der Waals surface area contributed by atoms with Crippen LogP contribution in [0.2, 0.25) is 0 Å². The van der Waals surface area contributed by atoms with Gasteiger partial charge in [0.25, 0.3) is 5.91 Å². The molecule has 0 spiro atoms. The van der Waals surface area contributed by atoms with E-state index >= 15 is 0 Å². The Balaban J connectivity index is 1.74. The quantitative estimate of drug-likeness (QED) is 0.659. The Hall–Kier alpha value is -2.24. The van der Waals surface area contributed by atoms with E-state index in [1.54, 1.807) is 6.07 Å². The van der Waals surface area contributed by atoms with Gasteiger partial charge in [0.15, 0.2) is 0 Å². The molecule has 3 N–H and O–H groups in total. The van der Waals surface area contributed by atoms with Gasteiger partial charge >= 0.3 is 0 Å². The molecular formula is C15H20N2O4. The molecule has 1 saturated carbocycles. The van der Waals surface area contributed by atoms with E-state index in [2.05, 4.69) is 10.6 Å². The number of methoxy groups -OCH3 is 1. The summed E-state index contributed by atoms with van der Waals surface area (Å²) in [4.78, 5) is 23.4. The fourth-order valence-electron chi connectivity index (χ4n) is 1.90. The van der Waals surface area contributed by atoms with Crippen LogP contribution < -0.4 is 15.4 Å². The van der Waals surface area contributed by atoms with Gasteiger partial charge in [-0.2, -0.15) is 0 Å². The molecule has 6 nitrogen and oxygen atoms in total. The number of ether oxygens (including phenoxy) is 1. The van der Waals surface area contributed by atoms with Crippen molar-refractivity contribution in [1.82, 2.24) is 10.6 Å². The van der Waals surface area contributed by atoms with Crippen molar-refractivity contribution in [2.45, 2.75) is 31.7 Å². The Morgan fingerprint density at radius 3 is 2.81 bits per heavy atom. The Bertz CT molecular complexity index is 526. The summed E-state index contributed by atoms with van der Waals surface area (Å²) < 4.78 is 5.02. The number of aromatic hydroxyl groups is 1. The first-order valence-corrected chi connectivity index (χ1v) is 7.04. The number of carbonyl (C=O) groups is 2. The molecule has 2 amide bonds. The Labute approximate surface area is 123 Å². The van der Waals surface area contributed by atoms with Gasteiger partial charge in [0.2, 0.25) is 5.91 Å². The Morgan fingerprint density at radius 1 is 1.38 bits per heavy atom. The summed E-state index contributed by atoms with van der Waals surface area (Å²) in [6.07, 6.45) is 3.09. The van der Waals surface area contributed by atoms with Crippen LogP contribution in [-0.2, 0) is 4.79 Å². The van der Waals surface area contributed by atoms with Gasteiger partial charge in [0, 0.05) is 19.0 Å². The lowest BCUT2D eigenvalue weighted by atomic mass is 10.1. The second-order valence-corrected chi connectivity index (χ2v) is 5.08. The lowest BCUT2D eigenvalue weighted by Gasteiger charge is -2.08. The third kappa shape index (κ3) is 4.66. The molecule has 2 rings (SSSR count). The van der Waals surface area contributed by atoms with Crippen LogP contribution in [0, 0.1) is 0 Å². The Kier molecular flexibility index (Phi) is 5.03. The van der Waals surface area contributed by atoms with Gasteiger partial charge in [-0.1, -0.05) is 0 Å². The zero-order valence-electron chi connectivity index (χ0n) is 12.0. The SMILES string of the molecule is COc1ccc(O)c(C(=O)NCCCC(=O)NC2CC2)c1. The summed E-state index contributed by atoms with van der Waals surface area (Å²) in [5, 5.41) is 15.2. The largest absolute Gasteiger partial charge is 0.507 e. The Morgan fingerprint density at radius 2 is 2.14 bits per heavy atom. The maximum atomic E-state index is 11.9. The highest BCUT2D eigenvalue weighted by molar-refractivity contribution is 5.97. The highest BCUT2D eigenvalue weighted by Gasteiger charge is 2.22. The van der Waals surface area contributed by atoms with Crippen LogP contribution in [0.1, 0.15) is 36.0 Å². The van der Waals surface area contributed by atoms with Crippen molar-refractivity contribution in [2.75, 3.05) is 13.7 Å². The number of rotatable bonds is 7. The fourth-order valence-corrected chi connectivity index (χ4v) is 1.90. The van der Waals surface area contributed by atoms with Crippen molar-refractivity contribution in [1.29, 1.82) is 0 Å². The average Bonchev–Trinajstić information content (AvgIpc) is 3.27. The summed E-state index contributed by atoms with van der Waals surface area (Å²) in [7, 11) is 1.49. The summed E-state index contributed by atoms with van der Waals surface area (Å²) in [5.74, 6) is 0.0477. The van der Waals surface area contributed by atoms with Crippen LogP contribution in [0.15, 0.2) is 18.2 Å². The van der Waals surface area contributed by atoms with Crippen LogP contribution in [0.4, 0.5) is 0 Å². The van der Waals surface area contributed by atoms with E-state index < -0.39 is 0 Å². The number of hydrogen-bond acceptors (Lipinski definition) is 4. The number of phenolic OH excluding ortho intramolecular Hbond substituents is 1. The highest BCUT2D eigenvalue weighted by atomic mass is 16.5. The zero-order chi connectivity index (χ0) is 15.2. The van der Waals surface area contributed by atoms with Crippen molar-refractivity contribution in [2.24, 2.45) is 0 Å². The molecule has 0 saturated heterocycles. The van der Waals surface area contributed by atoms with Gasteiger partial charge in [-0.15, -0.1) is 0 Å².